The molecule has 1 aromatic heterocycles. The Hall–Kier alpha value is -3.15. The maximum atomic E-state index is 14.9. The molecule has 0 amide bonds. The number of hydrogen-bond donors (Lipinski definition) is 1. The number of benzene rings is 3. The Kier molecular flexibility index (Phi) is 3.35. The van der Waals surface area contributed by atoms with Gasteiger partial charge in [-0.2, -0.15) is 0 Å². The highest BCUT2D eigenvalue weighted by atomic mass is 19.1. The molecular weight excluding hydrogens is 334 g/mol. The molecule has 0 radical (unpaired) electrons. The van der Waals surface area contributed by atoms with E-state index in [4.69, 9.17) is 0 Å². The molecule has 0 aliphatic rings. The molecule has 3 aromatic carbocycles. The largest absolute Gasteiger partial charge is 0.350 e. The van der Waals surface area contributed by atoms with Gasteiger partial charge in [0.2, 0.25) is 0 Å². The molecule has 0 spiro atoms. The summed E-state index contributed by atoms with van der Waals surface area (Å²) in [6.45, 7) is 0. The minimum absolute atomic E-state index is 0.0525. The van der Waals surface area contributed by atoms with Crippen LogP contribution in [0.5, 0.6) is 0 Å². The van der Waals surface area contributed by atoms with Gasteiger partial charge in [-0.25, -0.2) is 17.6 Å². The summed E-state index contributed by atoms with van der Waals surface area (Å²) in [5, 5.41) is 0.116. The van der Waals surface area contributed by atoms with Crippen molar-refractivity contribution in [2.75, 3.05) is 0 Å². The summed E-state index contributed by atoms with van der Waals surface area (Å²) < 4.78 is 56.8. The Morgan fingerprint density at radius 3 is 2.16 bits per heavy atom. The lowest BCUT2D eigenvalue weighted by atomic mass is 10.0. The Balaban J connectivity index is 2.05. The lowest BCUT2D eigenvalue weighted by Crippen LogP contribution is -1.92. The number of carbonyl (C=O) groups is 1. The van der Waals surface area contributed by atoms with E-state index >= 15 is 0 Å². The van der Waals surface area contributed by atoms with E-state index in [0.717, 1.165) is 12.1 Å². The van der Waals surface area contributed by atoms with Gasteiger partial charge in [-0.3, -0.25) is 4.79 Å². The zero-order valence-electron chi connectivity index (χ0n) is 12.5. The van der Waals surface area contributed by atoms with Crippen LogP contribution in [0.2, 0.25) is 0 Å². The molecule has 0 bridgehead atoms. The van der Waals surface area contributed by atoms with Gasteiger partial charge in [0.15, 0.2) is 5.82 Å². The predicted molar refractivity (Wildman–Crippen MR) is 86.5 cm³/mol. The number of aromatic nitrogens is 1. The quantitative estimate of drug-likeness (QED) is 0.386. The zero-order valence-corrected chi connectivity index (χ0v) is 12.5. The number of H-pyrrole nitrogens is 1. The first-order chi connectivity index (χ1) is 12.0. The normalized spacial score (nSPS) is 11.4. The zero-order chi connectivity index (χ0) is 17.7. The summed E-state index contributed by atoms with van der Waals surface area (Å²) in [6, 6.07) is 8.44. The number of hydrogen-bond acceptors (Lipinski definition) is 1. The Bertz CT molecular complexity index is 1150. The Morgan fingerprint density at radius 2 is 1.48 bits per heavy atom. The van der Waals surface area contributed by atoms with Crippen LogP contribution in [0, 0.1) is 23.3 Å². The fourth-order valence-corrected chi connectivity index (χ4v) is 2.98. The monoisotopic (exact) mass is 343 g/mol. The van der Waals surface area contributed by atoms with Crippen LogP contribution >= 0.6 is 0 Å². The molecule has 2 nitrogen and oxygen atoms in total. The van der Waals surface area contributed by atoms with Crippen molar-refractivity contribution in [3.8, 4) is 11.1 Å². The molecule has 0 unspecified atom stereocenters. The number of carbonyl (C=O) groups excluding carboxylic acids is 1. The third-order valence-electron chi connectivity index (χ3n) is 4.15. The number of halogens is 4. The first kappa shape index (κ1) is 15.4. The average Bonchev–Trinajstić information content (AvgIpc) is 2.95. The molecule has 0 fully saturated rings. The van der Waals surface area contributed by atoms with Crippen LogP contribution in [0.25, 0.3) is 32.9 Å². The van der Waals surface area contributed by atoms with E-state index < -0.39 is 23.3 Å². The van der Waals surface area contributed by atoms with E-state index in [2.05, 4.69) is 4.98 Å². The van der Waals surface area contributed by atoms with Crippen molar-refractivity contribution in [1.29, 1.82) is 0 Å². The van der Waals surface area contributed by atoms with Crippen molar-refractivity contribution in [3.63, 3.8) is 0 Å². The van der Waals surface area contributed by atoms with E-state index in [1.165, 1.54) is 24.3 Å². The number of fused-ring (bicyclic) bond motifs is 3. The first-order valence-electron chi connectivity index (χ1n) is 7.33. The van der Waals surface area contributed by atoms with E-state index in [-0.39, 0.29) is 32.9 Å². The molecule has 0 saturated carbocycles. The fraction of sp³-hybridized carbons (Fsp3) is 0. The van der Waals surface area contributed by atoms with E-state index in [0.29, 0.717) is 17.9 Å². The maximum Gasteiger partial charge on any atom is 0.158 e. The highest BCUT2D eigenvalue weighted by molar-refractivity contribution is 6.08. The molecule has 0 saturated heterocycles. The second kappa shape index (κ2) is 5.44. The fourth-order valence-electron chi connectivity index (χ4n) is 2.98. The lowest BCUT2D eigenvalue weighted by molar-refractivity contribution is 0.112. The van der Waals surface area contributed by atoms with Gasteiger partial charge in [-0.15, -0.1) is 0 Å². The summed E-state index contributed by atoms with van der Waals surface area (Å²) in [4.78, 5) is 13.3. The molecule has 0 aliphatic carbocycles. The molecule has 4 aromatic rings. The lowest BCUT2D eigenvalue weighted by Gasteiger charge is -2.07. The molecule has 124 valence electrons. The standard InChI is InChI=1S/C19H9F4NO/c20-11-5-12-13-7-14(21)16(10-3-1-9(8-25)2-4-10)17(23)19(13)24-18(12)15(22)6-11/h1-8,24H. The second-order valence-electron chi connectivity index (χ2n) is 5.64. The highest BCUT2D eigenvalue weighted by Gasteiger charge is 2.20. The molecule has 4 rings (SSSR count). The van der Waals surface area contributed by atoms with E-state index in [9.17, 15) is 22.4 Å². The van der Waals surface area contributed by atoms with Gasteiger partial charge in [0, 0.05) is 22.4 Å². The van der Waals surface area contributed by atoms with Crippen LogP contribution in [0.3, 0.4) is 0 Å². The number of aldehydes is 1. The van der Waals surface area contributed by atoms with Gasteiger partial charge >= 0.3 is 0 Å². The van der Waals surface area contributed by atoms with Crippen LogP contribution in [0.1, 0.15) is 10.4 Å². The average molecular weight is 343 g/mol. The summed E-state index contributed by atoms with van der Waals surface area (Å²) in [5.41, 5.74) is 0.0810. The summed E-state index contributed by atoms with van der Waals surface area (Å²) in [7, 11) is 0. The molecule has 0 aliphatic heterocycles. The molecule has 1 N–H and O–H groups in total. The minimum atomic E-state index is -0.912. The molecule has 1 heterocycles. The van der Waals surface area contributed by atoms with Crippen molar-refractivity contribution < 1.29 is 22.4 Å². The van der Waals surface area contributed by atoms with Crippen molar-refractivity contribution in [2.45, 2.75) is 0 Å². The number of aromatic amines is 1. The highest BCUT2D eigenvalue weighted by Crippen LogP contribution is 2.36. The Morgan fingerprint density at radius 1 is 0.800 bits per heavy atom. The maximum absolute atomic E-state index is 14.9. The Labute approximate surface area is 138 Å². The van der Waals surface area contributed by atoms with Crippen molar-refractivity contribution in [1.82, 2.24) is 4.98 Å². The molecule has 0 atom stereocenters. The van der Waals surface area contributed by atoms with Gasteiger partial charge in [0.1, 0.15) is 23.7 Å². The van der Waals surface area contributed by atoms with Crippen LogP contribution < -0.4 is 0 Å². The predicted octanol–water partition coefficient (Wildman–Crippen LogP) is 5.36. The number of rotatable bonds is 2. The smallest absolute Gasteiger partial charge is 0.158 e. The van der Waals surface area contributed by atoms with Gasteiger partial charge in [-0.05, 0) is 17.7 Å². The third kappa shape index (κ3) is 2.29. The third-order valence-corrected chi connectivity index (χ3v) is 4.15. The number of nitrogens with one attached hydrogen (secondary N) is 1. The van der Waals surface area contributed by atoms with Crippen LogP contribution in [-0.4, -0.2) is 11.3 Å². The molecule has 25 heavy (non-hydrogen) atoms. The topological polar surface area (TPSA) is 32.9 Å². The van der Waals surface area contributed by atoms with Gasteiger partial charge < -0.3 is 4.98 Å². The molecular formula is C19H9F4NO. The van der Waals surface area contributed by atoms with Crippen LogP contribution in [-0.2, 0) is 0 Å². The minimum Gasteiger partial charge on any atom is -0.350 e. The van der Waals surface area contributed by atoms with Crippen molar-refractivity contribution in [3.05, 3.63) is 71.3 Å². The summed E-state index contributed by atoms with van der Waals surface area (Å²) in [6.07, 6.45) is 0.620. The van der Waals surface area contributed by atoms with Gasteiger partial charge in [0.25, 0.3) is 0 Å². The SMILES string of the molecule is O=Cc1ccc(-c2c(F)cc3c([nH]c4c(F)cc(F)cc43)c2F)cc1. The van der Waals surface area contributed by atoms with Crippen molar-refractivity contribution in [2.24, 2.45) is 0 Å². The van der Waals surface area contributed by atoms with Crippen molar-refractivity contribution >= 4 is 28.1 Å². The van der Waals surface area contributed by atoms with E-state index in [1.807, 2.05) is 0 Å². The van der Waals surface area contributed by atoms with E-state index in [1.54, 1.807) is 0 Å². The van der Waals surface area contributed by atoms with Gasteiger partial charge in [0.05, 0.1) is 16.6 Å². The molecule has 6 heteroatoms. The summed E-state index contributed by atoms with van der Waals surface area (Å²) >= 11 is 0. The van der Waals surface area contributed by atoms with Gasteiger partial charge in [-0.1, -0.05) is 24.3 Å². The first-order valence-corrected chi connectivity index (χ1v) is 7.33. The van der Waals surface area contributed by atoms with Crippen LogP contribution in [0.4, 0.5) is 17.6 Å². The summed E-state index contributed by atoms with van der Waals surface area (Å²) in [5.74, 6) is -3.50. The second-order valence-corrected chi connectivity index (χ2v) is 5.64. The van der Waals surface area contributed by atoms with Crippen LogP contribution in [0.15, 0.2) is 42.5 Å².